The monoisotopic (exact) mass is 179 g/mol. The molecule has 1 aliphatic rings. The molecule has 0 amide bonds. The highest BCUT2D eigenvalue weighted by Crippen LogP contribution is 2.19. The quantitative estimate of drug-likeness (QED) is 0.733. The van der Waals surface area contributed by atoms with E-state index in [9.17, 15) is 0 Å². The zero-order valence-electron chi connectivity index (χ0n) is 8.38. The third-order valence-corrected chi connectivity index (χ3v) is 2.72. The summed E-state index contributed by atoms with van der Waals surface area (Å²) in [4.78, 5) is 4.52. The van der Waals surface area contributed by atoms with Gasteiger partial charge in [-0.1, -0.05) is 0 Å². The van der Waals surface area contributed by atoms with Crippen LogP contribution in [0.5, 0.6) is 0 Å². The first-order valence-electron chi connectivity index (χ1n) is 4.97. The van der Waals surface area contributed by atoms with Gasteiger partial charge in [-0.15, -0.1) is 0 Å². The van der Waals surface area contributed by atoms with Gasteiger partial charge >= 0.3 is 0 Å². The first-order chi connectivity index (χ1) is 6.29. The van der Waals surface area contributed by atoms with Gasteiger partial charge in [0.1, 0.15) is 5.82 Å². The van der Waals surface area contributed by atoms with E-state index in [0.717, 1.165) is 31.1 Å². The number of aryl methyl sites for hydroxylation is 2. The van der Waals surface area contributed by atoms with Crippen LogP contribution < -0.4 is 5.32 Å². The normalized spacial score (nSPS) is 21.5. The molecule has 1 unspecified atom stereocenters. The van der Waals surface area contributed by atoms with Crippen LogP contribution >= 0.6 is 0 Å². The number of fused-ring (bicyclic) bond motifs is 1. The van der Waals surface area contributed by atoms with Gasteiger partial charge in [-0.2, -0.15) is 0 Å². The second kappa shape index (κ2) is 3.50. The molecular weight excluding hydrogens is 162 g/mol. The van der Waals surface area contributed by atoms with Crippen molar-refractivity contribution in [2.24, 2.45) is 5.92 Å². The summed E-state index contributed by atoms with van der Waals surface area (Å²) in [6.45, 7) is 4.33. The Kier molecular flexibility index (Phi) is 2.36. The molecule has 0 bridgehead atoms. The van der Waals surface area contributed by atoms with E-state index < -0.39 is 0 Å². The van der Waals surface area contributed by atoms with E-state index in [0.29, 0.717) is 0 Å². The number of rotatable bonds is 2. The fourth-order valence-electron chi connectivity index (χ4n) is 2.10. The van der Waals surface area contributed by atoms with E-state index in [2.05, 4.69) is 28.0 Å². The molecule has 0 saturated carbocycles. The molecule has 1 atom stereocenters. The molecule has 2 heterocycles. The highest BCUT2D eigenvalue weighted by Gasteiger charge is 2.18. The van der Waals surface area contributed by atoms with Gasteiger partial charge in [-0.05, 0) is 32.9 Å². The number of hydrogen-bond donors (Lipinski definition) is 1. The van der Waals surface area contributed by atoms with Crippen molar-refractivity contribution in [1.29, 1.82) is 0 Å². The Morgan fingerprint density at radius 2 is 2.54 bits per heavy atom. The molecule has 0 radical (unpaired) electrons. The zero-order valence-corrected chi connectivity index (χ0v) is 8.38. The minimum absolute atomic E-state index is 0.777. The Morgan fingerprint density at radius 3 is 3.31 bits per heavy atom. The minimum Gasteiger partial charge on any atom is -0.335 e. The summed E-state index contributed by atoms with van der Waals surface area (Å²) in [5.41, 5.74) is 1.15. The van der Waals surface area contributed by atoms with Crippen LogP contribution in [0.2, 0.25) is 0 Å². The van der Waals surface area contributed by atoms with Crippen molar-refractivity contribution in [3.63, 3.8) is 0 Å². The van der Waals surface area contributed by atoms with E-state index in [4.69, 9.17) is 0 Å². The third kappa shape index (κ3) is 1.75. The van der Waals surface area contributed by atoms with Crippen LogP contribution in [0.3, 0.4) is 0 Å². The van der Waals surface area contributed by atoms with Gasteiger partial charge < -0.3 is 9.88 Å². The average molecular weight is 179 g/mol. The third-order valence-electron chi connectivity index (χ3n) is 2.72. The van der Waals surface area contributed by atoms with Gasteiger partial charge in [0, 0.05) is 19.2 Å². The van der Waals surface area contributed by atoms with E-state index in [1.807, 2.05) is 7.05 Å². The molecular formula is C10H17N3. The molecule has 0 aliphatic carbocycles. The predicted octanol–water partition coefficient (Wildman–Crippen LogP) is 0.973. The van der Waals surface area contributed by atoms with E-state index in [1.54, 1.807) is 0 Å². The maximum absolute atomic E-state index is 4.52. The maximum Gasteiger partial charge on any atom is 0.109 e. The average Bonchev–Trinajstić information content (AvgIpc) is 2.44. The number of nitrogens with zero attached hydrogens (tertiary/aromatic N) is 2. The number of nitrogens with one attached hydrogen (secondary N) is 1. The van der Waals surface area contributed by atoms with Crippen LogP contribution in [0.15, 0.2) is 6.20 Å². The van der Waals surface area contributed by atoms with Gasteiger partial charge in [0.05, 0.1) is 5.69 Å². The van der Waals surface area contributed by atoms with Gasteiger partial charge in [0.2, 0.25) is 0 Å². The topological polar surface area (TPSA) is 29.9 Å². The standard InChI is InChI=1S/C10H17N3/c1-8-7-13-4-3-9(6-11-2)5-10(13)12-8/h7,9,11H,3-6H2,1-2H3. The number of aromatic nitrogens is 2. The van der Waals surface area contributed by atoms with Crippen LogP contribution in [-0.2, 0) is 13.0 Å². The molecule has 0 fully saturated rings. The predicted molar refractivity (Wildman–Crippen MR) is 52.7 cm³/mol. The first-order valence-corrected chi connectivity index (χ1v) is 4.97. The lowest BCUT2D eigenvalue weighted by Gasteiger charge is -2.22. The van der Waals surface area contributed by atoms with Gasteiger partial charge in [-0.3, -0.25) is 0 Å². The fraction of sp³-hybridized carbons (Fsp3) is 0.700. The summed E-state index contributed by atoms with van der Waals surface area (Å²) in [6, 6.07) is 0. The van der Waals surface area contributed by atoms with Crippen molar-refractivity contribution in [2.45, 2.75) is 26.3 Å². The van der Waals surface area contributed by atoms with Crippen LogP contribution in [-0.4, -0.2) is 23.1 Å². The lowest BCUT2D eigenvalue weighted by molar-refractivity contribution is 0.372. The molecule has 0 aromatic carbocycles. The summed E-state index contributed by atoms with van der Waals surface area (Å²) in [7, 11) is 2.02. The minimum atomic E-state index is 0.777. The van der Waals surface area contributed by atoms with Crippen molar-refractivity contribution in [3.8, 4) is 0 Å². The van der Waals surface area contributed by atoms with Gasteiger partial charge in [0.25, 0.3) is 0 Å². The van der Waals surface area contributed by atoms with Crippen LogP contribution in [0.1, 0.15) is 17.9 Å². The number of hydrogen-bond acceptors (Lipinski definition) is 2. The van der Waals surface area contributed by atoms with Crippen molar-refractivity contribution >= 4 is 0 Å². The summed E-state index contributed by atoms with van der Waals surface area (Å²) in [6.07, 6.45) is 4.57. The highest BCUT2D eigenvalue weighted by molar-refractivity contribution is 5.05. The maximum atomic E-state index is 4.52. The fourth-order valence-corrected chi connectivity index (χ4v) is 2.10. The molecule has 2 rings (SSSR count). The SMILES string of the molecule is CNCC1CCn2cc(C)nc2C1. The van der Waals surface area contributed by atoms with E-state index >= 15 is 0 Å². The van der Waals surface area contributed by atoms with Gasteiger partial charge in [0.15, 0.2) is 0 Å². The van der Waals surface area contributed by atoms with Crippen molar-refractivity contribution in [3.05, 3.63) is 17.7 Å². The van der Waals surface area contributed by atoms with Crippen LogP contribution in [0.4, 0.5) is 0 Å². The Balaban J connectivity index is 2.10. The molecule has 0 saturated heterocycles. The summed E-state index contributed by atoms with van der Waals surface area (Å²) < 4.78 is 2.29. The molecule has 0 spiro atoms. The molecule has 3 nitrogen and oxygen atoms in total. The Bertz CT molecular complexity index is 290. The highest BCUT2D eigenvalue weighted by atomic mass is 15.1. The first kappa shape index (κ1) is 8.75. The lowest BCUT2D eigenvalue weighted by Crippen LogP contribution is -2.27. The Morgan fingerprint density at radius 1 is 1.69 bits per heavy atom. The Labute approximate surface area is 79.2 Å². The van der Waals surface area contributed by atoms with Crippen molar-refractivity contribution < 1.29 is 0 Å². The second-order valence-electron chi connectivity index (χ2n) is 3.91. The van der Waals surface area contributed by atoms with E-state index in [-0.39, 0.29) is 0 Å². The largest absolute Gasteiger partial charge is 0.335 e. The molecule has 3 heteroatoms. The molecule has 13 heavy (non-hydrogen) atoms. The lowest BCUT2D eigenvalue weighted by atomic mass is 9.98. The summed E-state index contributed by atoms with van der Waals surface area (Å²) in [5.74, 6) is 2.04. The smallest absolute Gasteiger partial charge is 0.109 e. The molecule has 1 aliphatic heterocycles. The van der Waals surface area contributed by atoms with Crippen LogP contribution in [0, 0.1) is 12.8 Å². The van der Waals surface area contributed by atoms with Crippen molar-refractivity contribution in [1.82, 2.24) is 14.9 Å². The second-order valence-corrected chi connectivity index (χ2v) is 3.91. The molecule has 1 N–H and O–H groups in total. The number of imidazole rings is 1. The van der Waals surface area contributed by atoms with Crippen molar-refractivity contribution in [2.75, 3.05) is 13.6 Å². The van der Waals surface area contributed by atoms with Gasteiger partial charge in [-0.25, -0.2) is 4.98 Å². The molecule has 1 aromatic rings. The summed E-state index contributed by atoms with van der Waals surface area (Å²) in [5, 5.41) is 3.24. The summed E-state index contributed by atoms with van der Waals surface area (Å²) >= 11 is 0. The molecule has 1 aromatic heterocycles. The molecule has 72 valence electrons. The Hall–Kier alpha value is -0.830. The van der Waals surface area contributed by atoms with Crippen LogP contribution in [0.25, 0.3) is 0 Å². The zero-order chi connectivity index (χ0) is 9.26. The van der Waals surface area contributed by atoms with E-state index in [1.165, 1.54) is 12.2 Å².